The Morgan fingerprint density at radius 2 is 1.92 bits per heavy atom. The summed E-state index contributed by atoms with van der Waals surface area (Å²) in [5, 5.41) is 9.59. The Balaban J connectivity index is 1.58. The Hall–Kier alpha value is -2.58. The first-order valence-electron chi connectivity index (χ1n) is 7.80. The van der Waals surface area contributed by atoms with Gasteiger partial charge in [-0.25, -0.2) is 4.98 Å². The number of piperazine rings is 1. The molecule has 0 bridgehead atoms. The second-order valence-electron chi connectivity index (χ2n) is 5.67. The Morgan fingerprint density at radius 1 is 1.17 bits per heavy atom. The number of aromatic nitrogens is 1. The molecule has 122 valence electrons. The fourth-order valence-corrected chi connectivity index (χ4v) is 2.99. The van der Waals surface area contributed by atoms with Gasteiger partial charge in [0.2, 0.25) is 5.91 Å². The normalized spacial score (nSPS) is 14.3. The van der Waals surface area contributed by atoms with Crippen molar-refractivity contribution >= 4 is 23.3 Å². The van der Waals surface area contributed by atoms with Crippen molar-refractivity contribution in [2.24, 2.45) is 0 Å². The zero-order chi connectivity index (χ0) is 16.9. The first kappa shape index (κ1) is 16.3. The molecule has 1 aliphatic heterocycles. The number of anilines is 1. The fourth-order valence-electron chi connectivity index (χ4n) is 2.78. The van der Waals surface area contributed by atoms with Crippen molar-refractivity contribution in [1.82, 2.24) is 9.88 Å². The zero-order valence-corrected chi connectivity index (χ0v) is 13.9. The van der Waals surface area contributed by atoms with Gasteiger partial charge in [-0.1, -0.05) is 29.8 Å². The van der Waals surface area contributed by atoms with Crippen molar-refractivity contribution in [3.05, 3.63) is 58.7 Å². The van der Waals surface area contributed by atoms with E-state index in [9.17, 15) is 4.79 Å². The van der Waals surface area contributed by atoms with Crippen LogP contribution in [0.1, 0.15) is 11.3 Å². The number of pyridine rings is 1. The molecule has 1 aliphatic rings. The van der Waals surface area contributed by atoms with Crippen LogP contribution in [0, 0.1) is 11.3 Å². The van der Waals surface area contributed by atoms with Crippen molar-refractivity contribution in [3.8, 4) is 6.07 Å². The van der Waals surface area contributed by atoms with Gasteiger partial charge in [0.1, 0.15) is 17.6 Å². The van der Waals surface area contributed by atoms with E-state index in [2.05, 4.69) is 16.0 Å². The van der Waals surface area contributed by atoms with Gasteiger partial charge in [-0.05, 0) is 29.8 Å². The van der Waals surface area contributed by atoms with Crippen molar-refractivity contribution in [1.29, 1.82) is 5.26 Å². The summed E-state index contributed by atoms with van der Waals surface area (Å²) in [5.41, 5.74) is 1.34. The number of benzene rings is 1. The van der Waals surface area contributed by atoms with Crippen LogP contribution in [-0.2, 0) is 11.2 Å². The average molecular weight is 341 g/mol. The molecular weight excluding hydrogens is 324 g/mol. The van der Waals surface area contributed by atoms with Gasteiger partial charge in [0.05, 0.1) is 6.42 Å². The largest absolute Gasteiger partial charge is 0.353 e. The summed E-state index contributed by atoms with van der Waals surface area (Å²) in [6.45, 7) is 2.72. The lowest BCUT2D eigenvalue weighted by Crippen LogP contribution is -2.49. The standard InChI is InChI=1S/C18H17ClN4O/c19-15-4-1-3-14(11-15)12-18(24)23-9-7-22(8-10-23)17-6-2-5-16(13-20)21-17/h1-6,11H,7-10,12H2. The number of hydrogen-bond acceptors (Lipinski definition) is 4. The number of nitriles is 1. The molecular formula is C18H17ClN4O. The first-order chi connectivity index (χ1) is 11.7. The second kappa shape index (κ2) is 7.33. The maximum atomic E-state index is 12.4. The van der Waals surface area contributed by atoms with Crippen molar-refractivity contribution in [2.45, 2.75) is 6.42 Å². The van der Waals surface area contributed by atoms with Gasteiger partial charge in [-0.15, -0.1) is 0 Å². The molecule has 0 atom stereocenters. The van der Waals surface area contributed by atoms with Gasteiger partial charge in [0, 0.05) is 31.2 Å². The number of carbonyl (C=O) groups excluding carboxylic acids is 1. The van der Waals surface area contributed by atoms with Gasteiger partial charge < -0.3 is 9.80 Å². The van der Waals surface area contributed by atoms with Crippen LogP contribution in [0.4, 0.5) is 5.82 Å². The molecule has 1 saturated heterocycles. The molecule has 0 saturated carbocycles. The predicted molar refractivity (Wildman–Crippen MR) is 92.9 cm³/mol. The predicted octanol–water partition coefficient (Wildman–Crippen LogP) is 2.50. The molecule has 0 spiro atoms. The Morgan fingerprint density at radius 3 is 2.62 bits per heavy atom. The lowest BCUT2D eigenvalue weighted by molar-refractivity contribution is -0.130. The molecule has 24 heavy (non-hydrogen) atoms. The highest BCUT2D eigenvalue weighted by atomic mass is 35.5. The third-order valence-corrected chi connectivity index (χ3v) is 4.28. The van der Waals surface area contributed by atoms with Crippen LogP contribution < -0.4 is 4.90 Å². The topological polar surface area (TPSA) is 60.2 Å². The number of amides is 1. The minimum Gasteiger partial charge on any atom is -0.353 e. The Kier molecular flexibility index (Phi) is 4.97. The van der Waals surface area contributed by atoms with Crippen LogP contribution >= 0.6 is 11.6 Å². The molecule has 0 radical (unpaired) electrons. The van der Waals surface area contributed by atoms with E-state index in [0.29, 0.717) is 43.3 Å². The molecule has 0 aliphatic carbocycles. The zero-order valence-electron chi connectivity index (χ0n) is 13.2. The monoisotopic (exact) mass is 340 g/mol. The lowest BCUT2D eigenvalue weighted by Gasteiger charge is -2.35. The van der Waals surface area contributed by atoms with Gasteiger partial charge in [-0.3, -0.25) is 4.79 Å². The minimum atomic E-state index is 0.107. The molecule has 1 aromatic carbocycles. The summed E-state index contributed by atoms with van der Waals surface area (Å²) in [4.78, 5) is 20.7. The van der Waals surface area contributed by atoms with Gasteiger partial charge >= 0.3 is 0 Å². The number of carbonyl (C=O) groups is 1. The van der Waals surface area contributed by atoms with E-state index in [1.54, 1.807) is 12.1 Å². The van der Waals surface area contributed by atoms with Crippen LogP contribution in [0.15, 0.2) is 42.5 Å². The highest BCUT2D eigenvalue weighted by Gasteiger charge is 2.22. The number of hydrogen-bond donors (Lipinski definition) is 0. The summed E-state index contributed by atoms with van der Waals surface area (Å²) < 4.78 is 0. The molecule has 1 fully saturated rings. The maximum Gasteiger partial charge on any atom is 0.227 e. The van der Waals surface area contributed by atoms with Crippen LogP contribution in [0.2, 0.25) is 5.02 Å². The van der Waals surface area contributed by atoms with Crippen LogP contribution in [0.5, 0.6) is 0 Å². The minimum absolute atomic E-state index is 0.107. The van der Waals surface area contributed by atoms with E-state index in [-0.39, 0.29) is 5.91 Å². The van der Waals surface area contributed by atoms with E-state index in [1.165, 1.54) is 0 Å². The summed E-state index contributed by atoms with van der Waals surface area (Å²) in [6.07, 6.45) is 0.364. The molecule has 6 heteroatoms. The van der Waals surface area contributed by atoms with Crippen LogP contribution in [-0.4, -0.2) is 42.0 Å². The summed E-state index contributed by atoms with van der Waals surface area (Å²) in [6, 6.07) is 14.9. The van der Waals surface area contributed by atoms with Crippen LogP contribution in [0.25, 0.3) is 0 Å². The van der Waals surface area contributed by atoms with E-state index < -0.39 is 0 Å². The van der Waals surface area contributed by atoms with Gasteiger partial charge in [-0.2, -0.15) is 5.26 Å². The smallest absolute Gasteiger partial charge is 0.227 e. The quantitative estimate of drug-likeness (QED) is 0.861. The highest BCUT2D eigenvalue weighted by molar-refractivity contribution is 6.30. The Labute approximate surface area is 146 Å². The molecule has 5 nitrogen and oxygen atoms in total. The summed E-state index contributed by atoms with van der Waals surface area (Å²) >= 11 is 5.96. The molecule has 2 heterocycles. The summed E-state index contributed by atoms with van der Waals surface area (Å²) in [5.74, 6) is 0.895. The SMILES string of the molecule is N#Cc1cccc(N2CCN(C(=O)Cc3cccc(Cl)c3)CC2)n1. The fraction of sp³-hybridized carbons (Fsp3) is 0.278. The third-order valence-electron chi connectivity index (χ3n) is 4.05. The first-order valence-corrected chi connectivity index (χ1v) is 8.18. The van der Waals surface area contributed by atoms with E-state index in [0.717, 1.165) is 11.4 Å². The number of nitrogens with zero attached hydrogens (tertiary/aromatic N) is 4. The van der Waals surface area contributed by atoms with E-state index >= 15 is 0 Å². The van der Waals surface area contributed by atoms with Crippen molar-refractivity contribution in [2.75, 3.05) is 31.1 Å². The van der Waals surface area contributed by atoms with Gasteiger partial charge in [0.25, 0.3) is 0 Å². The summed E-state index contributed by atoms with van der Waals surface area (Å²) in [7, 11) is 0. The molecule has 0 N–H and O–H groups in total. The van der Waals surface area contributed by atoms with Crippen LogP contribution in [0.3, 0.4) is 0 Å². The average Bonchev–Trinajstić information content (AvgIpc) is 2.62. The second-order valence-corrected chi connectivity index (χ2v) is 6.10. The molecule has 3 rings (SSSR count). The number of rotatable bonds is 3. The molecule has 1 amide bonds. The molecule has 1 aromatic heterocycles. The lowest BCUT2D eigenvalue weighted by atomic mass is 10.1. The van der Waals surface area contributed by atoms with Gasteiger partial charge in [0.15, 0.2) is 0 Å². The van der Waals surface area contributed by atoms with Crippen molar-refractivity contribution < 1.29 is 4.79 Å². The maximum absolute atomic E-state index is 12.4. The molecule has 0 unspecified atom stereocenters. The van der Waals surface area contributed by atoms with Crippen molar-refractivity contribution in [3.63, 3.8) is 0 Å². The molecule has 2 aromatic rings. The number of halogens is 1. The Bertz CT molecular complexity index is 779. The third kappa shape index (κ3) is 3.84. The van der Waals surface area contributed by atoms with E-state index in [1.807, 2.05) is 35.2 Å². The highest BCUT2D eigenvalue weighted by Crippen LogP contribution is 2.16. The van der Waals surface area contributed by atoms with E-state index in [4.69, 9.17) is 16.9 Å².